The molecule has 0 radical (unpaired) electrons. The third-order valence-electron chi connectivity index (χ3n) is 6.67. The molecule has 2 N–H and O–H groups in total. The lowest BCUT2D eigenvalue weighted by Crippen LogP contribution is -2.42. The van der Waals surface area contributed by atoms with E-state index in [1.54, 1.807) is 17.4 Å². The summed E-state index contributed by atoms with van der Waals surface area (Å²) in [6.07, 6.45) is 4.68. The van der Waals surface area contributed by atoms with Crippen molar-refractivity contribution in [2.24, 2.45) is 17.1 Å². The average molecular weight is 475 g/mol. The minimum absolute atomic E-state index is 0.0741. The minimum Gasteiger partial charge on any atom is -0.489 e. The molecular weight excluding hydrogens is 452 g/mol. The van der Waals surface area contributed by atoms with Crippen LogP contribution in [0.15, 0.2) is 47.2 Å². The Hall–Kier alpha value is -3.24. The number of halogens is 1. The molecule has 0 unspecified atom stereocenters. The SMILES string of the molecule is Cc1cc(Cl)ccc1OCc1cc([C@H]2[C@@H]3CCCC=C3C(C#N)=C(N)C2(C#N)C#N)sc1C. The molecule has 33 heavy (non-hydrogen) atoms. The highest BCUT2D eigenvalue weighted by molar-refractivity contribution is 7.12. The minimum atomic E-state index is -1.58. The third kappa shape index (κ3) is 3.79. The van der Waals surface area contributed by atoms with Gasteiger partial charge in [0.2, 0.25) is 0 Å². The molecule has 0 amide bonds. The van der Waals surface area contributed by atoms with Gasteiger partial charge in [-0.05, 0) is 74.4 Å². The summed E-state index contributed by atoms with van der Waals surface area (Å²) in [6.45, 7) is 4.33. The van der Waals surface area contributed by atoms with Gasteiger partial charge < -0.3 is 10.5 Å². The van der Waals surface area contributed by atoms with Crippen LogP contribution in [0.2, 0.25) is 5.02 Å². The predicted molar refractivity (Wildman–Crippen MR) is 128 cm³/mol. The molecule has 0 bridgehead atoms. The maximum absolute atomic E-state index is 10.2. The van der Waals surface area contributed by atoms with Crippen molar-refractivity contribution in [2.45, 2.75) is 45.6 Å². The molecular formula is C26H23ClN4OS. The molecule has 0 aliphatic heterocycles. The van der Waals surface area contributed by atoms with Crippen molar-refractivity contribution in [3.63, 3.8) is 0 Å². The number of benzene rings is 1. The third-order valence-corrected chi connectivity index (χ3v) is 8.08. The normalized spacial score (nSPS) is 21.3. The number of nitriles is 3. The topological polar surface area (TPSA) is 107 Å². The fraction of sp³-hybridized carbons (Fsp3) is 0.346. The second-order valence-electron chi connectivity index (χ2n) is 8.54. The monoisotopic (exact) mass is 474 g/mol. The van der Waals surface area contributed by atoms with E-state index in [0.717, 1.165) is 51.5 Å². The van der Waals surface area contributed by atoms with Crippen molar-refractivity contribution in [3.05, 3.63) is 73.1 Å². The zero-order valence-electron chi connectivity index (χ0n) is 18.5. The summed E-state index contributed by atoms with van der Waals surface area (Å²) in [5, 5.41) is 30.8. The summed E-state index contributed by atoms with van der Waals surface area (Å²) in [7, 11) is 0. The van der Waals surface area contributed by atoms with Crippen LogP contribution in [-0.4, -0.2) is 0 Å². The van der Waals surface area contributed by atoms with E-state index >= 15 is 0 Å². The zero-order valence-corrected chi connectivity index (χ0v) is 20.1. The number of nitrogens with zero attached hydrogens (tertiary/aromatic N) is 3. The summed E-state index contributed by atoms with van der Waals surface area (Å²) in [4.78, 5) is 2.00. The summed E-state index contributed by atoms with van der Waals surface area (Å²) in [5.41, 5.74) is 8.01. The lowest BCUT2D eigenvalue weighted by Gasteiger charge is -2.42. The summed E-state index contributed by atoms with van der Waals surface area (Å²) in [6, 6.07) is 14.1. The van der Waals surface area contributed by atoms with Gasteiger partial charge in [0.05, 0.1) is 23.4 Å². The van der Waals surface area contributed by atoms with Crippen molar-refractivity contribution in [1.82, 2.24) is 0 Å². The number of thiophene rings is 1. The molecule has 5 nitrogen and oxygen atoms in total. The molecule has 7 heteroatoms. The van der Waals surface area contributed by atoms with E-state index in [-0.39, 0.29) is 11.6 Å². The lowest BCUT2D eigenvalue weighted by molar-refractivity contribution is 0.302. The molecule has 2 aromatic rings. The molecule has 2 atom stereocenters. The fourth-order valence-electron chi connectivity index (χ4n) is 4.95. The number of ether oxygens (including phenoxy) is 1. The quantitative estimate of drug-likeness (QED) is 0.568. The molecule has 0 spiro atoms. The van der Waals surface area contributed by atoms with Gasteiger partial charge in [-0.2, -0.15) is 15.8 Å². The van der Waals surface area contributed by atoms with E-state index in [0.29, 0.717) is 17.2 Å². The van der Waals surface area contributed by atoms with Crippen molar-refractivity contribution in [3.8, 4) is 24.0 Å². The largest absolute Gasteiger partial charge is 0.489 e. The van der Waals surface area contributed by atoms with E-state index in [2.05, 4.69) is 24.3 Å². The average Bonchev–Trinajstić information content (AvgIpc) is 3.17. The first kappa shape index (κ1) is 22.9. The van der Waals surface area contributed by atoms with Crippen LogP contribution in [0.25, 0.3) is 0 Å². The summed E-state index contributed by atoms with van der Waals surface area (Å²) in [5.74, 6) is 0.243. The van der Waals surface area contributed by atoms with Gasteiger partial charge in [-0.3, -0.25) is 0 Å². The van der Waals surface area contributed by atoms with Gasteiger partial charge in [0.15, 0.2) is 5.41 Å². The van der Waals surface area contributed by atoms with Gasteiger partial charge in [0, 0.05) is 26.3 Å². The van der Waals surface area contributed by atoms with Crippen LogP contribution in [0.5, 0.6) is 5.75 Å². The molecule has 4 rings (SSSR count). The van der Waals surface area contributed by atoms with E-state index in [4.69, 9.17) is 22.1 Å². The number of rotatable bonds is 4. The van der Waals surface area contributed by atoms with Gasteiger partial charge in [-0.15, -0.1) is 11.3 Å². The van der Waals surface area contributed by atoms with E-state index in [1.165, 1.54) is 0 Å². The Morgan fingerprint density at radius 3 is 2.64 bits per heavy atom. The van der Waals surface area contributed by atoms with Gasteiger partial charge >= 0.3 is 0 Å². The Kier molecular flexibility index (Phi) is 6.22. The molecule has 1 heterocycles. The van der Waals surface area contributed by atoms with E-state index in [9.17, 15) is 15.8 Å². The first-order valence-electron chi connectivity index (χ1n) is 10.8. The Labute approximate surface area is 203 Å². The highest BCUT2D eigenvalue weighted by Crippen LogP contribution is 2.57. The molecule has 0 fully saturated rings. The number of hydrogen-bond acceptors (Lipinski definition) is 6. The number of hydrogen-bond donors (Lipinski definition) is 1. The summed E-state index contributed by atoms with van der Waals surface area (Å²) >= 11 is 7.62. The Morgan fingerprint density at radius 2 is 1.97 bits per heavy atom. The number of nitrogens with two attached hydrogens (primary N) is 1. The number of aryl methyl sites for hydroxylation is 2. The molecule has 2 aliphatic carbocycles. The number of fused-ring (bicyclic) bond motifs is 1. The standard InChI is InChI=1S/C26H23ClN4OS/c1-15-9-18(27)7-8-22(15)32-12-17-10-23(33-16(17)2)24-20-6-4-3-5-19(20)21(11-28)25(31)26(24,13-29)14-30/h5,7-10,20,24H,3-4,6,12,31H2,1-2H3/t20-,24-/m1/s1. The van der Waals surface area contributed by atoms with Crippen LogP contribution in [0, 0.1) is 59.2 Å². The highest BCUT2D eigenvalue weighted by Gasteiger charge is 2.54. The van der Waals surface area contributed by atoms with Gasteiger partial charge in [0.1, 0.15) is 18.4 Å². The Morgan fingerprint density at radius 1 is 1.21 bits per heavy atom. The van der Waals surface area contributed by atoms with Crippen molar-refractivity contribution in [2.75, 3.05) is 0 Å². The van der Waals surface area contributed by atoms with Crippen LogP contribution in [0.4, 0.5) is 0 Å². The smallest absolute Gasteiger partial charge is 0.192 e. The summed E-state index contributed by atoms with van der Waals surface area (Å²) < 4.78 is 6.06. The molecule has 0 saturated carbocycles. The molecule has 1 aromatic heterocycles. The van der Waals surface area contributed by atoms with E-state index < -0.39 is 11.3 Å². The number of allylic oxidation sites excluding steroid dienone is 4. The van der Waals surface area contributed by atoms with Crippen LogP contribution >= 0.6 is 22.9 Å². The Balaban J connectivity index is 1.75. The maximum Gasteiger partial charge on any atom is 0.192 e. The van der Waals surface area contributed by atoms with Crippen LogP contribution in [0.1, 0.15) is 46.1 Å². The highest BCUT2D eigenvalue weighted by atomic mass is 35.5. The zero-order chi connectivity index (χ0) is 23.8. The molecule has 166 valence electrons. The first-order valence-corrected chi connectivity index (χ1v) is 12.0. The lowest BCUT2D eigenvalue weighted by atomic mass is 9.58. The van der Waals surface area contributed by atoms with Crippen LogP contribution in [-0.2, 0) is 6.61 Å². The van der Waals surface area contributed by atoms with Crippen LogP contribution < -0.4 is 10.5 Å². The molecule has 1 aromatic carbocycles. The van der Waals surface area contributed by atoms with Crippen LogP contribution in [0.3, 0.4) is 0 Å². The van der Waals surface area contributed by atoms with E-state index in [1.807, 2.05) is 32.0 Å². The first-order chi connectivity index (χ1) is 15.9. The van der Waals surface area contributed by atoms with Gasteiger partial charge in [-0.25, -0.2) is 0 Å². The maximum atomic E-state index is 10.2. The predicted octanol–water partition coefficient (Wildman–Crippen LogP) is 6.19. The van der Waals surface area contributed by atoms with Gasteiger partial charge in [-0.1, -0.05) is 17.7 Å². The van der Waals surface area contributed by atoms with Gasteiger partial charge in [0.25, 0.3) is 0 Å². The second-order valence-corrected chi connectivity index (χ2v) is 10.3. The second kappa shape index (κ2) is 8.95. The molecule has 0 saturated heterocycles. The van der Waals surface area contributed by atoms with Crippen molar-refractivity contribution in [1.29, 1.82) is 15.8 Å². The Bertz CT molecular complexity index is 1290. The van der Waals surface area contributed by atoms with Crippen molar-refractivity contribution < 1.29 is 4.74 Å². The fourth-order valence-corrected chi connectivity index (χ4v) is 6.45. The van der Waals surface area contributed by atoms with Crippen molar-refractivity contribution >= 4 is 22.9 Å². The molecule has 2 aliphatic rings.